The maximum absolute atomic E-state index is 14.3. The van der Waals surface area contributed by atoms with Gasteiger partial charge in [-0.05, 0) is 48.9 Å². The normalized spacial score (nSPS) is 19.4. The highest BCUT2D eigenvalue weighted by molar-refractivity contribution is 7.93. The van der Waals surface area contributed by atoms with Gasteiger partial charge in [0.2, 0.25) is 5.91 Å². The van der Waals surface area contributed by atoms with E-state index in [-0.39, 0.29) is 22.7 Å². The van der Waals surface area contributed by atoms with Gasteiger partial charge in [0.1, 0.15) is 5.82 Å². The van der Waals surface area contributed by atoms with Crippen molar-refractivity contribution in [1.82, 2.24) is 9.88 Å². The van der Waals surface area contributed by atoms with Crippen molar-refractivity contribution >= 4 is 55.4 Å². The van der Waals surface area contributed by atoms with Crippen molar-refractivity contribution in [3.63, 3.8) is 0 Å². The average Bonchev–Trinajstić information content (AvgIpc) is 3.48. The molecule has 5 rings (SSSR count). The maximum Gasteiger partial charge on any atom is 0.263 e. The van der Waals surface area contributed by atoms with Crippen molar-refractivity contribution in [3.05, 3.63) is 64.9 Å². The molecule has 2 saturated heterocycles. The third-order valence-corrected chi connectivity index (χ3v) is 8.70. The summed E-state index contributed by atoms with van der Waals surface area (Å²) in [4.78, 5) is 23.1. The summed E-state index contributed by atoms with van der Waals surface area (Å²) in [5, 5.41) is 2.35. The van der Waals surface area contributed by atoms with Crippen molar-refractivity contribution < 1.29 is 17.6 Å². The largest absolute Gasteiger partial charge is 0.367 e. The van der Waals surface area contributed by atoms with Crippen LogP contribution >= 0.6 is 22.9 Å². The molecule has 0 saturated carbocycles. The highest BCUT2D eigenvalue weighted by Crippen LogP contribution is 2.29. The molecule has 0 spiro atoms. The van der Waals surface area contributed by atoms with Crippen LogP contribution in [0.15, 0.2) is 58.9 Å². The van der Waals surface area contributed by atoms with Crippen molar-refractivity contribution in [1.29, 1.82) is 0 Å². The SMILES string of the molecule is O=C1[C@@H](N2CCN(c3ccc(Cl)cc3F)CC2)CCN1c1ccc(S(=O)(=O)Nc2nccs2)cc1. The van der Waals surface area contributed by atoms with E-state index in [2.05, 4.69) is 14.6 Å². The van der Waals surface area contributed by atoms with Crippen LogP contribution in [-0.2, 0) is 14.8 Å². The number of benzene rings is 2. The van der Waals surface area contributed by atoms with Gasteiger partial charge in [-0.25, -0.2) is 17.8 Å². The monoisotopic (exact) mass is 535 g/mol. The maximum atomic E-state index is 14.3. The summed E-state index contributed by atoms with van der Waals surface area (Å²) in [5.74, 6) is -0.353. The quantitative estimate of drug-likeness (QED) is 0.518. The minimum Gasteiger partial charge on any atom is -0.367 e. The second-order valence-electron chi connectivity index (χ2n) is 8.35. The Kier molecular flexibility index (Phi) is 6.67. The fraction of sp³-hybridized carbons (Fsp3) is 0.304. The summed E-state index contributed by atoms with van der Waals surface area (Å²) < 4.78 is 41.8. The van der Waals surface area contributed by atoms with Gasteiger partial charge < -0.3 is 9.80 Å². The standard InChI is InChI=1S/C23H23ClFN5O3S2/c24-16-1-6-20(19(25)15-16)28-10-12-29(13-11-28)21-7-9-30(22(21)31)17-2-4-18(5-3-17)35(32,33)27-23-26-8-14-34-23/h1-6,8,14-15,21H,7,9-13H2,(H,26,27)/t21-/m0/s1. The molecule has 35 heavy (non-hydrogen) atoms. The minimum atomic E-state index is -3.75. The average molecular weight is 536 g/mol. The Balaban J connectivity index is 1.21. The first-order chi connectivity index (χ1) is 16.8. The highest BCUT2D eigenvalue weighted by Gasteiger charge is 2.38. The fourth-order valence-electron chi connectivity index (χ4n) is 4.53. The molecule has 1 amide bonds. The summed E-state index contributed by atoms with van der Waals surface area (Å²) >= 11 is 7.06. The van der Waals surface area contributed by atoms with Crippen molar-refractivity contribution in [2.75, 3.05) is 47.2 Å². The number of halogens is 2. The number of thiazole rings is 1. The Morgan fingerprint density at radius 3 is 2.46 bits per heavy atom. The van der Waals surface area contributed by atoms with E-state index in [1.165, 1.54) is 35.7 Å². The van der Waals surface area contributed by atoms with Gasteiger partial charge in [0.15, 0.2) is 5.13 Å². The molecule has 2 fully saturated rings. The van der Waals surface area contributed by atoms with E-state index >= 15 is 0 Å². The predicted octanol–water partition coefficient (Wildman–Crippen LogP) is 3.66. The number of anilines is 3. The Bertz CT molecular complexity index is 1310. The first-order valence-corrected chi connectivity index (χ1v) is 13.8. The number of rotatable bonds is 6. The van der Waals surface area contributed by atoms with Gasteiger partial charge in [0.25, 0.3) is 10.0 Å². The van der Waals surface area contributed by atoms with Crippen LogP contribution in [0.4, 0.5) is 20.9 Å². The van der Waals surface area contributed by atoms with E-state index < -0.39 is 10.0 Å². The van der Waals surface area contributed by atoms with Gasteiger partial charge in [-0.3, -0.25) is 14.4 Å². The molecule has 2 aliphatic rings. The molecule has 2 aliphatic heterocycles. The topological polar surface area (TPSA) is 85.9 Å². The number of amides is 1. The number of nitrogens with zero attached hydrogens (tertiary/aromatic N) is 4. The summed E-state index contributed by atoms with van der Waals surface area (Å²) in [6, 6.07) is 10.7. The van der Waals surface area contributed by atoms with Crippen LogP contribution in [0.25, 0.3) is 0 Å². The lowest BCUT2D eigenvalue weighted by Gasteiger charge is -2.38. The summed E-state index contributed by atoms with van der Waals surface area (Å²) in [5.41, 5.74) is 1.18. The molecule has 1 atom stereocenters. The van der Waals surface area contributed by atoms with E-state index in [9.17, 15) is 17.6 Å². The van der Waals surface area contributed by atoms with Crippen LogP contribution in [0.5, 0.6) is 0 Å². The Labute approximate surface area is 212 Å². The summed E-state index contributed by atoms with van der Waals surface area (Å²) in [6.07, 6.45) is 2.21. The zero-order valence-corrected chi connectivity index (χ0v) is 21.0. The third-order valence-electron chi connectivity index (χ3n) is 6.30. The van der Waals surface area contributed by atoms with Gasteiger partial charge in [-0.1, -0.05) is 11.6 Å². The van der Waals surface area contributed by atoms with Crippen LogP contribution in [0, 0.1) is 5.82 Å². The molecule has 3 aromatic rings. The van der Waals surface area contributed by atoms with Gasteiger partial charge in [-0.15, -0.1) is 11.3 Å². The molecule has 184 valence electrons. The predicted molar refractivity (Wildman–Crippen MR) is 135 cm³/mol. The number of carbonyl (C=O) groups excluding carboxylic acids is 1. The second-order valence-corrected chi connectivity index (χ2v) is 11.4. The number of nitrogens with one attached hydrogen (secondary N) is 1. The van der Waals surface area contributed by atoms with Crippen LogP contribution in [0.2, 0.25) is 5.02 Å². The molecular weight excluding hydrogens is 513 g/mol. The number of aromatic nitrogens is 1. The number of carbonyl (C=O) groups is 1. The van der Waals surface area contributed by atoms with Crippen molar-refractivity contribution in [2.24, 2.45) is 0 Å². The van der Waals surface area contributed by atoms with E-state index in [0.717, 1.165) is 0 Å². The van der Waals surface area contributed by atoms with E-state index in [4.69, 9.17) is 11.6 Å². The molecule has 0 aliphatic carbocycles. The molecule has 0 radical (unpaired) electrons. The lowest BCUT2D eigenvalue weighted by atomic mass is 10.1. The van der Waals surface area contributed by atoms with Crippen LogP contribution in [0.3, 0.4) is 0 Å². The number of sulfonamides is 1. The third kappa shape index (κ3) is 4.99. The smallest absolute Gasteiger partial charge is 0.263 e. The molecule has 0 bridgehead atoms. The van der Waals surface area contributed by atoms with E-state index in [1.54, 1.807) is 34.5 Å². The Morgan fingerprint density at radius 1 is 1.06 bits per heavy atom. The summed E-state index contributed by atoms with van der Waals surface area (Å²) in [6.45, 7) is 3.07. The van der Waals surface area contributed by atoms with Gasteiger partial charge in [0, 0.05) is 55.0 Å². The zero-order valence-electron chi connectivity index (χ0n) is 18.6. The van der Waals surface area contributed by atoms with Crippen LogP contribution in [-0.4, -0.2) is 63.0 Å². The molecule has 1 aromatic heterocycles. The minimum absolute atomic E-state index is 0.00681. The van der Waals surface area contributed by atoms with E-state index in [1.807, 2.05) is 4.90 Å². The molecule has 0 unspecified atom stereocenters. The molecule has 1 N–H and O–H groups in total. The Morgan fingerprint density at radius 2 is 1.80 bits per heavy atom. The van der Waals surface area contributed by atoms with Crippen LogP contribution < -0.4 is 14.5 Å². The number of hydrogen-bond donors (Lipinski definition) is 1. The van der Waals surface area contributed by atoms with E-state index in [0.29, 0.717) is 60.7 Å². The van der Waals surface area contributed by atoms with Gasteiger partial charge >= 0.3 is 0 Å². The number of piperazine rings is 1. The van der Waals surface area contributed by atoms with Crippen molar-refractivity contribution in [2.45, 2.75) is 17.4 Å². The molecule has 3 heterocycles. The molecular formula is C23H23ClFN5O3S2. The lowest BCUT2D eigenvalue weighted by molar-refractivity contribution is -0.121. The lowest BCUT2D eigenvalue weighted by Crippen LogP contribution is -2.52. The highest BCUT2D eigenvalue weighted by atomic mass is 35.5. The first kappa shape index (κ1) is 24.0. The molecule has 8 nitrogen and oxygen atoms in total. The van der Waals surface area contributed by atoms with Gasteiger partial charge in [0.05, 0.1) is 16.6 Å². The second kappa shape index (κ2) is 9.73. The molecule has 12 heteroatoms. The fourth-order valence-corrected chi connectivity index (χ4v) is 6.47. The molecule has 2 aromatic carbocycles. The van der Waals surface area contributed by atoms with Crippen molar-refractivity contribution in [3.8, 4) is 0 Å². The van der Waals surface area contributed by atoms with Crippen LogP contribution in [0.1, 0.15) is 6.42 Å². The number of hydrogen-bond acceptors (Lipinski definition) is 7. The summed E-state index contributed by atoms with van der Waals surface area (Å²) in [7, 11) is -3.75. The first-order valence-electron chi connectivity index (χ1n) is 11.1. The van der Waals surface area contributed by atoms with Gasteiger partial charge in [-0.2, -0.15) is 0 Å². The Hall–Kier alpha value is -2.73. The zero-order chi connectivity index (χ0) is 24.6.